The summed E-state index contributed by atoms with van der Waals surface area (Å²) in [4.78, 5) is 27.2. The second-order valence-corrected chi connectivity index (χ2v) is 6.65. The second kappa shape index (κ2) is 9.20. The minimum Gasteiger partial charge on any atom is -0.368 e. The molecule has 2 N–H and O–H groups in total. The molecule has 3 rings (SSSR count). The van der Waals surface area contributed by atoms with Gasteiger partial charge in [0.25, 0.3) is 5.56 Å². The lowest BCUT2D eigenvalue weighted by atomic mass is 10.1. The molecule has 1 amide bonds. The van der Waals surface area contributed by atoms with E-state index < -0.39 is 6.04 Å². The third kappa shape index (κ3) is 4.73. The largest absolute Gasteiger partial charge is 0.368 e. The number of carbonyl (C=O) groups excluding carboxylic acids is 1. The maximum atomic E-state index is 12.5. The van der Waals surface area contributed by atoms with E-state index in [9.17, 15) is 9.59 Å². The van der Waals surface area contributed by atoms with E-state index in [1.54, 1.807) is 12.3 Å². The number of piperazine rings is 1. The fourth-order valence-electron chi connectivity index (χ4n) is 3.58. The first-order chi connectivity index (χ1) is 11.7. The molecule has 0 bridgehead atoms. The Bertz CT molecular complexity index is 624. The van der Waals surface area contributed by atoms with E-state index in [4.69, 9.17) is 0 Å². The van der Waals surface area contributed by atoms with Crippen LogP contribution in [0, 0.1) is 0 Å². The van der Waals surface area contributed by atoms with Crippen molar-refractivity contribution in [3.05, 3.63) is 22.6 Å². The minimum atomic E-state index is -0.532. The van der Waals surface area contributed by atoms with Gasteiger partial charge in [-0.15, -0.1) is 12.4 Å². The van der Waals surface area contributed by atoms with Crippen molar-refractivity contribution in [3.63, 3.8) is 0 Å². The van der Waals surface area contributed by atoms with Crippen LogP contribution >= 0.6 is 12.4 Å². The van der Waals surface area contributed by atoms with Crippen LogP contribution < -0.4 is 21.1 Å². The van der Waals surface area contributed by atoms with E-state index in [-0.39, 0.29) is 29.9 Å². The van der Waals surface area contributed by atoms with Gasteiger partial charge in [-0.1, -0.05) is 19.8 Å². The van der Waals surface area contributed by atoms with Gasteiger partial charge in [-0.25, -0.2) is 4.68 Å². The molecule has 1 atom stereocenters. The van der Waals surface area contributed by atoms with Crippen LogP contribution in [0.2, 0.25) is 0 Å². The number of amides is 1. The van der Waals surface area contributed by atoms with Crippen LogP contribution in [0.3, 0.4) is 0 Å². The highest BCUT2D eigenvalue weighted by Crippen LogP contribution is 2.19. The molecule has 1 aromatic rings. The summed E-state index contributed by atoms with van der Waals surface area (Å²) < 4.78 is 1.33. The van der Waals surface area contributed by atoms with Crippen molar-refractivity contribution in [3.8, 4) is 0 Å². The van der Waals surface area contributed by atoms with Gasteiger partial charge >= 0.3 is 0 Å². The number of hydrogen-bond acceptors (Lipinski definition) is 5. The highest BCUT2D eigenvalue weighted by atomic mass is 35.5. The predicted octanol–water partition coefficient (Wildman–Crippen LogP) is 1.08. The summed E-state index contributed by atoms with van der Waals surface area (Å²) >= 11 is 0. The maximum Gasteiger partial charge on any atom is 0.269 e. The molecular weight excluding hydrogens is 342 g/mol. The van der Waals surface area contributed by atoms with E-state index >= 15 is 0 Å². The molecule has 1 saturated heterocycles. The standard InChI is InChI=1S/C17H27N5O2.ClH/c1-2-15(17(24)20-13-5-3-4-6-13)22-16(23)11-14(12-19-22)21-9-7-18-8-10-21;/h11-13,15,18H,2-10H2,1H3,(H,20,24);1H. The molecule has 0 radical (unpaired) electrons. The van der Waals surface area contributed by atoms with E-state index in [1.807, 2.05) is 6.92 Å². The molecule has 140 valence electrons. The van der Waals surface area contributed by atoms with Crippen LogP contribution in [0.5, 0.6) is 0 Å². The van der Waals surface area contributed by atoms with Crippen LogP contribution in [0.15, 0.2) is 17.1 Å². The Kier molecular flexibility index (Phi) is 7.25. The molecule has 7 nitrogen and oxygen atoms in total. The van der Waals surface area contributed by atoms with Crippen LogP contribution in [0.25, 0.3) is 0 Å². The average Bonchev–Trinajstić information content (AvgIpc) is 3.10. The monoisotopic (exact) mass is 369 g/mol. The molecule has 1 saturated carbocycles. The molecule has 1 aliphatic heterocycles. The Hall–Kier alpha value is -1.60. The fraction of sp³-hybridized carbons (Fsp3) is 0.706. The summed E-state index contributed by atoms with van der Waals surface area (Å²) in [5.41, 5.74) is 0.628. The lowest BCUT2D eigenvalue weighted by Gasteiger charge is -2.29. The summed E-state index contributed by atoms with van der Waals surface area (Å²) in [6, 6.07) is 1.32. The van der Waals surface area contributed by atoms with Crippen molar-refractivity contribution >= 4 is 24.0 Å². The number of halogens is 1. The third-order valence-corrected chi connectivity index (χ3v) is 4.98. The zero-order valence-electron chi connectivity index (χ0n) is 14.7. The number of rotatable bonds is 5. The van der Waals surface area contributed by atoms with Crippen LogP contribution in [-0.2, 0) is 4.79 Å². The first-order valence-electron chi connectivity index (χ1n) is 9.04. The Balaban J connectivity index is 0.00000225. The van der Waals surface area contributed by atoms with Crippen molar-refractivity contribution in [2.24, 2.45) is 0 Å². The minimum absolute atomic E-state index is 0. The lowest BCUT2D eigenvalue weighted by Crippen LogP contribution is -2.45. The van der Waals surface area contributed by atoms with E-state index in [2.05, 4.69) is 20.6 Å². The fourth-order valence-corrected chi connectivity index (χ4v) is 3.58. The van der Waals surface area contributed by atoms with Gasteiger partial charge in [0.05, 0.1) is 11.9 Å². The normalized spacial score (nSPS) is 19.3. The first-order valence-corrected chi connectivity index (χ1v) is 9.04. The van der Waals surface area contributed by atoms with Gasteiger partial charge in [0.1, 0.15) is 6.04 Å². The van der Waals surface area contributed by atoms with Crippen LogP contribution in [-0.4, -0.2) is 47.9 Å². The summed E-state index contributed by atoms with van der Waals surface area (Å²) in [6.45, 7) is 5.46. The van der Waals surface area contributed by atoms with E-state index in [0.29, 0.717) is 6.42 Å². The number of anilines is 1. The molecule has 2 heterocycles. The van der Waals surface area contributed by atoms with Crippen molar-refractivity contribution in [1.29, 1.82) is 0 Å². The Morgan fingerprint density at radius 3 is 2.64 bits per heavy atom. The molecule has 0 spiro atoms. The highest BCUT2D eigenvalue weighted by molar-refractivity contribution is 5.85. The van der Waals surface area contributed by atoms with Crippen molar-refractivity contribution in [2.45, 2.75) is 51.1 Å². The Morgan fingerprint density at radius 1 is 1.36 bits per heavy atom. The van der Waals surface area contributed by atoms with Crippen molar-refractivity contribution in [2.75, 3.05) is 31.1 Å². The highest BCUT2D eigenvalue weighted by Gasteiger charge is 2.25. The summed E-state index contributed by atoms with van der Waals surface area (Å²) in [5, 5.41) is 10.7. The van der Waals surface area contributed by atoms with Gasteiger partial charge in [-0.2, -0.15) is 5.10 Å². The number of aromatic nitrogens is 2. The average molecular weight is 370 g/mol. The van der Waals surface area contributed by atoms with Gasteiger partial charge in [0.15, 0.2) is 0 Å². The van der Waals surface area contributed by atoms with E-state index in [1.165, 1.54) is 17.5 Å². The smallest absolute Gasteiger partial charge is 0.269 e. The van der Waals surface area contributed by atoms with E-state index in [0.717, 1.165) is 44.7 Å². The molecule has 2 aliphatic rings. The van der Waals surface area contributed by atoms with Gasteiger partial charge in [0.2, 0.25) is 5.91 Å². The van der Waals surface area contributed by atoms with Gasteiger partial charge in [-0.3, -0.25) is 9.59 Å². The molecular formula is C17H28ClN5O2. The molecule has 2 fully saturated rings. The number of nitrogens with zero attached hydrogens (tertiary/aromatic N) is 3. The van der Waals surface area contributed by atoms with Gasteiger partial charge < -0.3 is 15.5 Å². The second-order valence-electron chi connectivity index (χ2n) is 6.65. The third-order valence-electron chi connectivity index (χ3n) is 4.98. The quantitative estimate of drug-likeness (QED) is 0.812. The predicted molar refractivity (Wildman–Crippen MR) is 101 cm³/mol. The molecule has 1 aromatic heterocycles. The molecule has 8 heteroatoms. The Morgan fingerprint density at radius 2 is 2.04 bits per heavy atom. The van der Waals surface area contributed by atoms with Gasteiger partial charge in [0, 0.05) is 38.3 Å². The zero-order valence-corrected chi connectivity index (χ0v) is 15.6. The molecule has 1 unspecified atom stereocenters. The van der Waals surface area contributed by atoms with Crippen LogP contribution in [0.1, 0.15) is 45.1 Å². The maximum absolute atomic E-state index is 12.5. The summed E-state index contributed by atoms with van der Waals surface area (Å²) in [5.74, 6) is -0.0890. The summed E-state index contributed by atoms with van der Waals surface area (Å²) in [7, 11) is 0. The SMILES string of the molecule is CCC(C(=O)NC1CCCC1)n1ncc(N2CCNCC2)cc1=O.Cl. The topological polar surface area (TPSA) is 79.3 Å². The summed E-state index contributed by atoms with van der Waals surface area (Å²) in [6.07, 6.45) is 6.66. The molecule has 25 heavy (non-hydrogen) atoms. The van der Waals surface area contributed by atoms with Gasteiger partial charge in [-0.05, 0) is 19.3 Å². The lowest BCUT2D eigenvalue weighted by molar-refractivity contribution is -0.125. The number of nitrogens with one attached hydrogen (secondary N) is 2. The number of hydrogen-bond donors (Lipinski definition) is 2. The molecule has 1 aliphatic carbocycles. The number of carbonyl (C=O) groups is 1. The first kappa shape index (κ1) is 19.7. The van der Waals surface area contributed by atoms with Crippen LogP contribution in [0.4, 0.5) is 5.69 Å². The van der Waals surface area contributed by atoms with Crippen molar-refractivity contribution < 1.29 is 4.79 Å². The Labute approximate surface area is 154 Å². The molecule has 0 aromatic carbocycles. The zero-order chi connectivity index (χ0) is 16.9. The van der Waals surface area contributed by atoms with Crippen molar-refractivity contribution in [1.82, 2.24) is 20.4 Å².